The largest absolute Gasteiger partial charge is 0.497 e. The molecule has 7 heteroatoms. The summed E-state index contributed by atoms with van der Waals surface area (Å²) in [6, 6.07) is 8.00. The number of hydrogen-bond donors (Lipinski definition) is 1. The summed E-state index contributed by atoms with van der Waals surface area (Å²) in [4.78, 5) is 3.58. The van der Waals surface area contributed by atoms with Crippen LogP contribution >= 0.6 is 11.6 Å². The van der Waals surface area contributed by atoms with Gasteiger partial charge >= 0.3 is 6.18 Å². The Balaban J connectivity index is 2.19. The molecule has 2 aromatic rings. The third-order valence-corrected chi connectivity index (χ3v) is 3.44. The summed E-state index contributed by atoms with van der Waals surface area (Å²) in [5, 5.41) is 2.41. The number of methoxy groups -OCH3 is 1. The van der Waals surface area contributed by atoms with Crippen molar-refractivity contribution in [2.24, 2.45) is 0 Å². The normalized spacial score (nSPS) is 12.8. The van der Waals surface area contributed by atoms with E-state index in [1.165, 1.54) is 6.20 Å². The highest BCUT2D eigenvalue weighted by Gasteiger charge is 2.34. The molecule has 1 atom stereocenters. The monoisotopic (exact) mass is 330 g/mol. The van der Waals surface area contributed by atoms with Gasteiger partial charge in [-0.3, -0.25) is 0 Å². The van der Waals surface area contributed by atoms with Crippen molar-refractivity contribution in [2.75, 3.05) is 12.4 Å². The number of pyridine rings is 1. The Morgan fingerprint density at radius 1 is 1.23 bits per heavy atom. The van der Waals surface area contributed by atoms with Crippen LogP contribution < -0.4 is 10.1 Å². The van der Waals surface area contributed by atoms with Gasteiger partial charge in [0, 0.05) is 6.04 Å². The molecule has 0 amide bonds. The molecule has 0 aliphatic carbocycles. The number of rotatable bonds is 4. The lowest BCUT2D eigenvalue weighted by molar-refractivity contribution is -0.137. The quantitative estimate of drug-likeness (QED) is 0.807. The summed E-state index contributed by atoms with van der Waals surface area (Å²) < 4.78 is 43.5. The Morgan fingerprint density at radius 2 is 1.86 bits per heavy atom. The molecule has 0 fully saturated rings. The first-order valence-electron chi connectivity index (χ1n) is 6.44. The van der Waals surface area contributed by atoms with E-state index in [1.807, 2.05) is 19.1 Å². The van der Waals surface area contributed by atoms with Crippen molar-refractivity contribution in [3.05, 3.63) is 52.8 Å². The SMILES string of the molecule is COc1ccc(C(C)Nc2cnc(Cl)c(C(F)(F)F)c2)cc1. The highest BCUT2D eigenvalue weighted by atomic mass is 35.5. The second-order valence-electron chi connectivity index (χ2n) is 4.70. The minimum Gasteiger partial charge on any atom is -0.497 e. The molecule has 0 spiro atoms. The molecule has 0 saturated carbocycles. The number of benzene rings is 1. The van der Waals surface area contributed by atoms with Crippen LogP contribution in [-0.4, -0.2) is 12.1 Å². The van der Waals surface area contributed by atoms with Crippen molar-refractivity contribution in [2.45, 2.75) is 19.1 Å². The summed E-state index contributed by atoms with van der Waals surface area (Å²) in [6.45, 7) is 1.84. The van der Waals surface area contributed by atoms with Gasteiger partial charge in [0.1, 0.15) is 10.9 Å². The number of ether oxygens (including phenoxy) is 1. The number of nitrogens with zero attached hydrogens (tertiary/aromatic N) is 1. The molecule has 0 aliphatic rings. The number of aromatic nitrogens is 1. The number of halogens is 4. The first kappa shape index (κ1) is 16.4. The molecule has 1 N–H and O–H groups in total. The fraction of sp³-hybridized carbons (Fsp3) is 0.267. The summed E-state index contributed by atoms with van der Waals surface area (Å²) in [7, 11) is 1.56. The van der Waals surface area contributed by atoms with Crippen molar-refractivity contribution in [3.63, 3.8) is 0 Å². The van der Waals surface area contributed by atoms with Gasteiger partial charge in [0.15, 0.2) is 0 Å². The highest BCUT2D eigenvalue weighted by Crippen LogP contribution is 2.35. The molecule has 1 unspecified atom stereocenters. The molecule has 0 bridgehead atoms. The number of nitrogens with one attached hydrogen (secondary N) is 1. The van der Waals surface area contributed by atoms with E-state index in [9.17, 15) is 13.2 Å². The van der Waals surface area contributed by atoms with Crippen LogP contribution in [-0.2, 0) is 6.18 Å². The molecule has 0 saturated heterocycles. The van der Waals surface area contributed by atoms with Gasteiger partial charge in [-0.15, -0.1) is 0 Å². The van der Waals surface area contributed by atoms with Crippen LogP contribution in [0.3, 0.4) is 0 Å². The van der Waals surface area contributed by atoms with Gasteiger partial charge in [-0.1, -0.05) is 23.7 Å². The Bertz CT molecular complexity index is 644. The molecule has 1 aromatic heterocycles. The smallest absolute Gasteiger partial charge is 0.419 e. The second-order valence-corrected chi connectivity index (χ2v) is 5.06. The highest BCUT2D eigenvalue weighted by molar-refractivity contribution is 6.30. The number of hydrogen-bond acceptors (Lipinski definition) is 3. The van der Waals surface area contributed by atoms with Crippen LogP contribution in [0.15, 0.2) is 36.5 Å². The van der Waals surface area contributed by atoms with E-state index in [0.29, 0.717) is 5.75 Å². The first-order chi connectivity index (χ1) is 10.3. The van der Waals surface area contributed by atoms with Gasteiger partial charge in [0.25, 0.3) is 0 Å². The maximum atomic E-state index is 12.8. The molecular formula is C15H14ClF3N2O. The molecule has 1 aromatic carbocycles. The van der Waals surface area contributed by atoms with Gasteiger partial charge in [-0.25, -0.2) is 4.98 Å². The molecule has 22 heavy (non-hydrogen) atoms. The summed E-state index contributed by atoms with van der Waals surface area (Å²) in [6.07, 6.45) is -3.26. The van der Waals surface area contributed by atoms with Crippen LogP contribution in [0.1, 0.15) is 24.1 Å². The summed E-state index contributed by atoms with van der Waals surface area (Å²) in [5.74, 6) is 0.712. The minimum atomic E-state index is -4.54. The Labute approximate surface area is 131 Å². The zero-order valence-corrected chi connectivity index (χ0v) is 12.7. The zero-order valence-electron chi connectivity index (χ0n) is 11.9. The van der Waals surface area contributed by atoms with Crippen molar-refractivity contribution in [1.29, 1.82) is 0 Å². The third-order valence-electron chi connectivity index (χ3n) is 3.14. The van der Waals surface area contributed by atoms with E-state index in [2.05, 4.69) is 10.3 Å². The van der Waals surface area contributed by atoms with Crippen molar-refractivity contribution in [3.8, 4) is 5.75 Å². The van der Waals surface area contributed by atoms with Gasteiger partial charge in [0.05, 0.1) is 24.6 Å². The number of anilines is 1. The van der Waals surface area contributed by atoms with Crippen LogP contribution in [0.5, 0.6) is 5.75 Å². The lowest BCUT2D eigenvalue weighted by Gasteiger charge is -2.17. The Morgan fingerprint density at radius 3 is 2.41 bits per heavy atom. The van der Waals surface area contributed by atoms with Gasteiger partial charge in [-0.2, -0.15) is 13.2 Å². The average molecular weight is 331 g/mol. The average Bonchev–Trinajstić information content (AvgIpc) is 2.48. The topological polar surface area (TPSA) is 34.1 Å². The van der Waals surface area contributed by atoms with E-state index >= 15 is 0 Å². The summed E-state index contributed by atoms with van der Waals surface area (Å²) in [5.41, 5.74) is 0.199. The first-order valence-corrected chi connectivity index (χ1v) is 6.82. The van der Waals surface area contributed by atoms with E-state index in [1.54, 1.807) is 19.2 Å². The fourth-order valence-electron chi connectivity index (χ4n) is 1.95. The molecule has 0 aliphatic heterocycles. The predicted octanol–water partition coefficient (Wildman–Crippen LogP) is 4.94. The maximum absolute atomic E-state index is 12.8. The van der Waals surface area contributed by atoms with Crippen LogP contribution in [0, 0.1) is 0 Å². The molecule has 0 radical (unpaired) electrons. The maximum Gasteiger partial charge on any atom is 0.419 e. The molecular weight excluding hydrogens is 317 g/mol. The van der Waals surface area contributed by atoms with E-state index < -0.39 is 16.9 Å². The van der Waals surface area contributed by atoms with E-state index in [-0.39, 0.29) is 11.7 Å². The van der Waals surface area contributed by atoms with Crippen molar-refractivity contribution < 1.29 is 17.9 Å². The minimum absolute atomic E-state index is 0.199. The molecule has 118 valence electrons. The lowest BCUT2D eigenvalue weighted by Crippen LogP contribution is -2.11. The molecule has 1 heterocycles. The van der Waals surface area contributed by atoms with Crippen molar-refractivity contribution >= 4 is 17.3 Å². The standard InChI is InChI=1S/C15H14ClF3N2O/c1-9(10-3-5-12(22-2)6-4-10)21-11-7-13(15(17,18)19)14(16)20-8-11/h3-9,21H,1-2H3. The Kier molecular flexibility index (Phi) is 4.81. The van der Waals surface area contributed by atoms with E-state index in [4.69, 9.17) is 16.3 Å². The fourth-order valence-corrected chi connectivity index (χ4v) is 2.16. The zero-order chi connectivity index (χ0) is 16.3. The Hall–Kier alpha value is -1.95. The van der Waals surface area contributed by atoms with Gasteiger partial charge in [-0.05, 0) is 30.7 Å². The van der Waals surface area contributed by atoms with Gasteiger partial charge < -0.3 is 10.1 Å². The second kappa shape index (κ2) is 6.44. The van der Waals surface area contributed by atoms with E-state index in [0.717, 1.165) is 11.6 Å². The van der Waals surface area contributed by atoms with Crippen LogP contribution in [0.2, 0.25) is 5.15 Å². The predicted molar refractivity (Wildman–Crippen MR) is 79.3 cm³/mol. The lowest BCUT2D eigenvalue weighted by atomic mass is 10.1. The van der Waals surface area contributed by atoms with Crippen molar-refractivity contribution in [1.82, 2.24) is 4.98 Å². The van der Waals surface area contributed by atoms with Gasteiger partial charge in [0.2, 0.25) is 0 Å². The van der Waals surface area contributed by atoms with Crippen LogP contribution in [0.4, 0.5) is 18.9 Å². The number of alkyl halides is 3. The summed E-state index contributed by atoms with van der Waals surface area (Å²) >= 11 is 5.50. The third kappa shape index (κ3) is 3.82. The molecule has 2 rings (SSSR count). The van der Waals surface area contributed by atoms with Crippen LogP contribution in [0.25, 0.3) is 0 Å². The molecule has 3 nitrogen and oxygen atoms in total.